The van der Waals surface area contributed by atoms with Crippen LogP contribution in [0.25, 0.3) is 0 Å². The number of hydrogen-bond acceptors (Lipinski definition) is 4. The van der Waals surface area contributed by atoms with Crippen LogP contribution in [0.2, 0.25) is 0 Å². The van der Waals surface area contributed by atoms with Gasteiger partial charge in [0, 0.05) is 38.9 Å². The minimum Gasteiger partial charge on any atom is -0.396 e. The number of likely N-dealkylation sites (tertiary alicyclic amines) is 2. The fourth-order valence-electron chi connectivity index (χ4n) is 5.16. The lowest BCUT2D eigenvalue weighted by atomic mass is 9.93. The maximum atomic E-state index is 9.90. The van der Waals surface area contributed by atoms with E-state index in [0.29, 0.717) is 37.0 Å². The summed E-state index contributed by atoms with van der Waals surface area (Å²) in [5, 5.41) is 19.2. The van der Waals surface area contributed by atoms with Gasteiger partial charge in [-0.3, -0.25) is 4.90 Å². The number of piperidine rings is 1. The molecule has 0 aromatic heterocycles. The molecule has 0 spiro atoms. The molecular formula is C21H32N2O2. The van der Waals surface area contributed by atoms with Gasteiger partial charge < -0.3 is 15.1 Å². The Balaban J connectivity index is 1.33. The van der Waals surface area contributed by atoms with E-state index in [1.165, 1.54) is 24.0 Å². The number of aliphatic hydroxyl groups excluding tert-OH is 2. The lowest BCUT2D eigenvalue weighted by Crippen LogP contribution is -2.40. The van der Waals surface area contributed by atoms with Crippen molar-refractivity contribution in [2.45, 2.75) is 31.7 Å². The Morgan fingerprint density at radius 3 is 2.12 bits per heavy atom. The van der Waals surface area contributed by atoms with Gasteiger partial charge in [0.05, 0.1) is 0 Å². The molecule has 4 rings (SSSR count). The summed E-state index contributed by atoms with van der Waals surface area (Å²) in [4.78, 5) is 5.21. The highest BCUT2D eigenvalue weighted by Gasteiger charge is 2.38. The van der Waals surface area contributed by atoms with Gasteiger partial charge in [-0.15, -0.1) is 0 Å². The smallest absolute Gasteiger partial charge is 0.0475 e. The summed E-state index contributed by atoms with van der Waals surface area (Å²) >= 11 is 0. The first-order valence-electron chi connectivity index (χ1n) is 10.0. The van der Waals surface area contributed by atoms with Gasteiger partial charge in [0.15, 0.2) is 0 Å². The zero-order valence-corrected chi connectivity index (χ0v) is 15.2. The molecule has 0 bridgehead atoms. The molecule has 25 heavy (non-hydrogen) atoms. The summed E-state index contributed by atoms with van der Waals surface area (Å²) < 4.78 is 0. The number of rotatable bonds is 5. The van der Waals surface area contributed by atoms with E-state index >= 15 is 0 Å². The van der Waals surface area contributed by atoms with Gasteiger partial charge in [-0.25, -0.2) is 0 Å². The fourth-order valence-corrected chi connectivity index (χ4v) is 5.16. The summed E-state index contributed by atoms with van der Waals surface area (Å²) in [5.41, 5.74) is 3.03. The van der Waals surface area contributed by atoms with Gasteiger partial charge in [-0.05, 0) is 67.7 Å². The number of nitrogens with zero attached hydrogens (tertiary/aromatic N) is 2. The SMILES string of the molecule is OCC1CCN(C[C@@H]2CN(C3Cc4ccccc4C3)C[C@@H]2CO)CC1. The van der Waals surface area contributed by atoms with E-state index < -0.39 is 0 Å². The number of benzene rings is 1. The predicted octanol–water partition coefficient (Wildman–Crippen LogP) is 1.40. The topological polar surface area (TPSA) is 46.9 Å². The van der Waals surface area contributed by atoms with Crippen LogP contribution in [0, 0.1) is 17.8 Å². The highest BCUT2D eigenvalue weighted by Crippen LogP contribution is 2.32. The van der Waals surface area contributed by atoms with Crippen LogP contribution in [-0.2, 0) is 12.8 Å². The first-order valence-corrected chi connectivity index (χ1v) is 10.0. The molecule has 1 aromatic rings. The molecular weight excluding hydrogens is 312 g/mol. The lowest BCUT2D eigenvalue weighted by molar-refractivity contribution is 0.106. The van der Waals surface area contributed by atoms with Gasteiger partial charge in [-0.1, -0.05) is 24.3 Å². The molecule has 4 heteroatoms. The van der Waals surface area contributed by atoms with E-state index in [1.54, 1.807) is 0 Å². The first-order chi connectivity index (χ1) is 12.3. The minimum atomic E-state index is 0.313. The molecule has 2 aliphatic heterocycles. The number of fused-ring (bicyclic) bond motifs is 1. The zero-order chi connectivity index (χ0) is 17.2. The molecule has 2 heterocycles. The van der Waals surface area contributed by atoms with Crippen molar-refractivity contribution in [2.75, 3.05) is 45.9 Å². The van der Waals surface area contributed by atoms with Crippen molar-refractivity contribution in [1.82, 2.24) is 9.80 Å². The second kappa shape index (κ2) is 7.75. The summed E-state index contributed by atoms with van der Waals surface area (Å²) in [7, 11) is 0. The van der Waals surface area contributed by atoms with Crippen molar-refractivity contribution in [1.29, 1.82) is 0 Å². The van der Waals surface area contributed by atoms with Gasteiger partial charge in [0.25, 0.3) is 0 Å². The van der Waals surface area contributed by atoms with Crippen molar-refractivity contribution < 1.29 is 10.2 Å². The average Bonchev–Trinajstić information content (AvgIpc) is 3.26. The first kappa shape index (κ1) is 17.5. The van der Waals surface area contributed by atoms with E-state index in [2.05, 4.69) is 34.1 Å². The Bertz CT molecular complexity index is 546. The van der Waals surface area contributed by atoms with Crippen LogP contribution in [0.4, 0.5) is 0 Å². The number of hydrogen-bond donors (Lipinski definition) is 2. The monoisotopic (exact) mass is 344 g/mol. The molecule has 4 nitrogen and oxygen atoms in total. The van der Waals surface area contributed by atoms with Crippen molar-refractivity contribution in [2.24, 2.45) is 17.8 Å². The third kappa shape index (κ3) is 3.77. The van der Waals surface area contributed by atoms with E-state index in [-0.39, 0.29) is 0 Å². The molecule has 0 saturated carbocycles. The van der Waals surface area contributed by atoms with Crippen molar-refractivity contribution in [3.63, 3.8) is 0 Å². The molecule has 2 atom stereocenters. The van der Waals surface area contributed by atoms with Gasteiger partial charge in [0.1, 0.15) is 0 Å². The average molecular weight is 344 g/mol. The van der Waals surface area contributed by atoms with Gasteiger partial charge in [-0.2, -0.15) is 0 Å². The number of aliphatic hydroxyl groups is 2. The summed E-state index contributed by atoms with van der Waals surface area (Å²) in [6.07, 6.45) is 4.58. The second-order valence-corrected chi connectivity index (χ2v) is 8.41. The Hall–Kier alpha value is -0.940. The summed E-state index contributed by atoms with van der Waals surface area (Å²) in [6, 6.07) is 9.48. The summed E-state index contributed by atoms with van der Waals surface area (Å²) in [5.74, 6) is 1.50. The molecule has 1 aliphatic carbocycles. The van der Waals surface area contributed by atoms with Crippen LogP contribution >= 0.6 is 0 Å². The van der Waals surface area contributed by atoms with Crippen molar-refractivity contribution in [3.8, 4) is 0 Å². The van der Waals surface area contributed by atoms with E-state index in [0.717, 1.165) is 45.6 Å². The second-order valence-electron chi connectivity index (χ2n) is 8.41. The third-order valence-electron chi connectivity index (χ3n) is 6.84. The molecule has 3 aliphatic rings. The molecule has 2 saturated heterocycles. The molecule has 1 aromatic carbocycles. The van der Waals surface area contributed by atoms with Crippen LogP contribution in [0.5, 0.6) is 0 Å². The standard InChI is InChI=1S/C21H32N2O2/c24-14-16-5-7-22(8-6-16)11-19-12-23(13-20(19)15-25)21-9-17-3-1-2-4-18(17)10-21/h1-4,16,19-21,24-25H,5-15H2/t19-,20-/m1/s1. The largest absolute Gasteiger partial charge is 0.396 e. The maximum absolute atomic E-state index is 9.90. The molecule has 0 amide bonds. The molecule has 138 valence electrons. The third-order valence-corrected chi connectivity index (χ3v) is 6.84. The summed E-state index contributed by atoms with van der Waals surface area (Å²) in [6.45, 7) is 6.15. The Morgan fingerprint density at radius 2 is 1.52 bits per heavy atom. The highest BCUT2D eigenvalue weighted by molar-refractivity contribution is 5.33. The maximum Gasteiger partial charge on any atom is 0.0475 e. The van der Waals surface area contributed by atoms with Crippen LogP contribution in [-0.4, -0.2) is 72.0 Å². The fraction of sp³-hybridized carbons (Fsp3) is 0.714. The van der Waals surface area contributed by atoms with Crippen molar-refractivity contribution >= 4 is 0 Å². The molecule has 2 fully saturated rings. The predicted molar refractivity (Wildman–Crippen MR) is 99.5 cm³/mol. The zero-order valence-electron chi connectivity index (χ0n) is 15.2. The van der Waals surface area contributed by atoms with E-state index in [4.69, 9.17) is 0 Å². The Morgan fingerprint density at radius 1 is 0.880 bits per heavy atom. The van der Waals surface area contributed by atoms with E-state index in [9.17, 15) is 10.2 Å². The highest BCUT2D eigenvalue weighted by atomic mass is 16.3. The minimum absolute atomic E-state index is 0.313. The molecule has 2 N–H and O–H groups in total. The van der Waals surface area contributed by atoms with Gasteiger partial charge >= 0.3 is 0 Å². The van der Waals surface area contributed by atoms with E-state index in [1.807, 2.05) is 0 Å². The van der Waals surface area contributed by atoms with Crippen LogP contribution in [0.1, 0.15) is 24.0 Å². The van der Waals surface area contributed by atoms with Crippen LogP contribution in [0.3, 0.4) is 0 Å². The van der Waals surface area contributed by atoms with Crippen LogP contribution < -0.4 is 0 Å². The van der Waals surface area contributed by atoms with Crippen molar-refractivity contribution in [3.05, 3.63) is 35.4 Å². The van der Waals surface area contributed by atoms with Gasteiger partial charge in [0.2, 0.25) is 0 Å². The Labute approximate surface area is 151 Å². The Kier molecular flexibility index (Phi) is 5.41. The molecule has 0 unspecified atom stereocenters. The normalized spacial score (nSPS) is 29.4. The lowest BCUT2D eigenvalue weighted by Gasteiger charge is -2.34. The quantitative estimate of drug-likeness (QED) is 0.848. The molecule has 0 radical (unpaired) electrons. The van der Waals surface area contributed by atoms with Crippen LogP contribution in [0.15, 0.2) is 24.3 Å².